The average molecular weight is 231 g/mol. The molecule has 4 nitrogen and oxygen atoms in total. The first-order chi connectivity index (χ1) is 7.83. The molecule has 0 aromatic heterocycles. The molecule has 0 aliphatic heterocycles. The van der Waals surface area contributed by atoms with E-state index in [4.69, 9.17) is 19.9 Å². The van der Waals surface area contributed by atoms with E-state index in [1.54, 1.807) is 7.11 Å². The lowest BCUT2D eigenvalue weighted by Gasteiger charge is -2.26. The van der Waals surface area contributed by atoms with Gasteiger partial charge in [-0.05, 0) is 32.1 Å². The molecule has 0 atom stereocenters. The van der Waals surface area contributed by atoms with E-state index < -0.39 is 0 Å². The van der Waals surface area contributed by atoms with Gasteiger partial charge in [-0.1, -0.05) is 0 Å². The van der Waals surface area contributed by atoms with Crippen LogP contribution in [0.15, 0.2) is 0 Å². The molecular weight excluding hydrogens is 206 g/mol. The van der Waals surface area contributed by atoms with E-state index in [0.717, 1.165) is 45.3 Å². The van der Waals surface area contributed by atoms with Gasteiger partial charge >= 0.3 is 0 Å². The van der Waals surface area contributed by atoms with Gasteiger partial charge in [-0.3, -0.25) is 0 Å². The third-order valence-electron chi connectivity index (χ3n) is 2.94. The molecule has 16 heavy (non-hydrogen) atoms. The van der Waals surface area contributed by atoms with Gasteiger partial charge in [-0.2, -0.15) is 0 Å². The fourth-order valence-corrected chi connectivity index (χ4v) is 1.91. The second kappa shape index (κ2) is 8.93. The minimum Gasteiger partial charge on any atom is -0.382 e. The highest BCUT2D eigenvalue weighted by atomic mass is 16.5. The summed E-state index contributed by atoms with van der Waals surface area (Å²) in [6.45, 7) is 2.90. The van der Waals surface area contributed by atoms with Crippen molar-refractivity contribution in [1.29, 1.82) is 0 Å². The van der Waals surface area contributed by atoms with Crippen molar-refractivity contribution in [2.75, 3.05) is 33.5 Å². The summed E-state index contributed by atoms with van der Waals surface area (Å²) in [7, 11) is 1.68. The molecule has 0 unspecified atom stereocenters. The molecule has 0 aromatic rings. The maximum Gasteiger partial charge on any atom is 0.0700 e. The Kier molecular flexibility index (Phi) is 7.76. The van der Waals surface area contributed by atoms with E-state index in [1.165, 1.54) is 0 Å². The first kappa shape index (κ1) is 13.9. The second-order valence-corrected chi connectivity index (χ2v) is 4.37. The lowest BCUT2D eigenvalue weighted by Crippen LogP contribution is -2.30. The van der Waals surface area contributed by atoms with Gasteiger partial charge < -0.3 is 19.9 Å². The second-order valence-electron chi connectivity index (χ2n) is 4.37. The minimum absolute atomic E-state index is 0.400. The predicted molar refractivity (Wildman–Crippen MR) is 63.5 cm³/mol. The predicted octanol–water partition coefficient (Wildman–Crippen LogP) is 1.33. The van der Waals surface area contributed by atoms with Gasteiger partial charge in [0.2, 0.25) is 0 Å². The molecule has 2 N–H and O–H groups in total. The fraction of sp³-hybridized carbons (Fsp3) is 1.00. The number of nitrogens with two attached hydrogens (primary N) is 1. The summed E-state index contributed by atoms with van der Waals surface area (Å²) in [4.78, 5) is 0. The van der Waals surface area contributed by atoms with E-state index in [9.17, 15) is 0 Å². The minimum atomic E-state index is 0.400. The molecule has 96 valence electrons. The van der Waals surface area contributed by atoms with Gasteiger partial charge in [0.1, 0.15) is 0 Å². The molecule has 0 saturated heterocycles. The van der Waals surface area contributed by atoms with Gasteiger partial charge in [0.15, 0.2) is 0 Å². The average Bonchev–Trinajstić information content (AvgIpc) is 2.30. The summed E-state index contributed by atoms with van der Waals surface area (Å²) in [5.41, 5.74) is 5.83. The lowest BCUT2D eigenvalue weighted by molar-refractivity contribution is 0.00631. The molecule has 0 radical (unpaired) electrons. The van der Waals surface area contributed by atoms with Crippen LogP contribution in [0.4, 0.5) is 0 Å². The number of hydrogen-bond donors (Lipinski definition) is 1. The van der Waals surface area contributed by atoms with Crippen LogP contribution in [0.3, 0.4) is 0 Å². The normalized spacial score (nSPS) is 25.9. The van der Waals surface area contributed by atoms with Crippen LogP contribution in [-0.4, -0.2) is 45.7 Å². The molecule has 0 aromatic carbocycles. The zero-order chi connectivity index (χ0) is 11.6. The molecule has 1 aliphatic carbocycles. The van der Waals surface area contributed by atoms with Crippen molar-refractivity contribution in [3.8, 4) is 0 Å². The van der Waals surface area contributed by atoms with Crippen molar-refractivity contribution in [2.24, 2.45) is 5.73 Å². The third-order valence-corrected chi connectivity index (χ3v) is 2.94. The molecule has 0 bridgehead atoms. The largest absolute Gasteiger partial charge is 0.382 e. The Bertz CT molecular complexity index is 158. The van der Waals surface area contributed by atoms with Crippen LogP contribution < -0.4 is 5.73 Å². The molecule has 0 amide bonds. The third kappa shape index (κ3) is 6.43. The number of rotatable bonds is 8. The van der Waals surface area contributed by atoms with Crippen LogP contribution in [0, 0.1) is 0 Å². The van der Waals surface area contributed by atoms with Crippen molar-refractivity contribution < 1.29 is 14.2 Å². The van der Waals surface area contributed by atoms with Gasteiger partial charge in [0.25, 0.3) is 0 Å². The highest BCUT2D eigenvalue weighted by Crippen LogP contribution is 2.19. The van der Waals surface area contributed by atoms with Crippen LogP contribution in [0.2, 0.25) is 0 Å². The smallest absolute Gasteiger partial charge is 0.0700 e. The Labute approximate surface area is 98.4 Å². The molecule has 1 saturated carbocycles. The summed E-state index contributed by atoms with van der Waals surface area (Å²) < 4.78 is 16.0. The fourth-order valence-electron chi connectivity index (χ4n) is 1.91. The van der Waals surface area contributed by atoms with Crippen molar-refractivity contribution in [2.45, 2.75) is 44.2 Å². The summed E-state index contributed by atoms with van der Waals surface area (Å²) in [6, 6.07) is 0.400. The van der Waals surface area contributed by atoms with E-state index in [1.807, 2.05) is 0 Å². The number of hydrogen-bond acceptors (Lipinski definition) is 4. The van der Waals surface area contributed by atoms with Crippen LogP contribution in [0.5, 0.6) is 0 Å². The first-order valence-electron chi connectivity index (χ1n) is 6.26. The van der Waals surface area contributed by atoms with Crippen molar-refractivity contribution in [1.82, 2.24) is 0 Å². The number of ether oxygens (including phenoxy) is 3. The molecule has 4 heteroatoms. The topological polar surface area (TPSA) is 53.7 Å². The molecule has 1 aliphatic rings. The summed E-state index contributed by atoms with van der Waals surface area (Å²) in [6.07, 6.45) is 5.84. The Morgan fingerprint density at radius 1 is 1.00 bits per heavy atom. The SMILES string of the molecule is COCCOCCCOC1CCC(N)CC1. The lowest BCUT2D eigenvalue weighted by atomic mass is 9.94. The Balaban J connectivity index is 1.84. The standard InChI is InChI=1S/C12H25NO3/c1-14-9-10-15-7-2-8-16-12-5-3-11(13)4-6-12/h11-12H,2-10,13H2,1H3. The van der Waals surface area contributed by atoms with Gasteiger partial charge in [0.05, 0.1) is 19.3 Å². The van der Waals surface area contributed by atoms with Crippen LogP contribution in [0.25, 0.3) is 0 Å². The Hall–Kier alpha value is -0.160. The Morgan fingerprint density at radius 3 is 2.44 bits per heavy atom. The maximum atomic E-state index is 5.83. The Morgan fingerprint density at radius 2 is 1.75 bits per heavy atom. The van der Waals surface area contributed by atoms with E-state index in [0.29, 0.717) is 25.4 Å². The zero-order valence-electron chi connectivity index (χ0n) is 10.3. The van der Waals surface area contributed by atoms with Crippen molar-refractivity contribution >= 4 is 0 Å². The van der Waals surface area contributed by atoms with Crippen molar-refractivity contribution in [3.63, 3.8) is 0 Å². The van der Waals surface area contributed by atoms with E-state index in [-0.39, 0.29) is 0 Å². The van der Waals surface area contributed by atoms with Crippen molar-refractivity contribution in [3.05, 3.63) is 0 Å². The molecule has 0 heterocycles. The molecule has 1 fully saturated rings. The van der Waals surface area contributed by atoms with Crippen LogP contribution in [0.1, 0.15) is 32.1 Å². The quantitative estimate of drug-likeness (QED) is 0.640. The summed E-state index contributed by atoms with van der Waals surface area (Å²) in [5.74, 6) is 0. The van der Waals surface area contributed by atoms with Gasteiger partial charge in [-0.15, -0.1) is 0 Å². The number of methoxy groups -OCH3 is 1. The highest BCUT2D eigenvalue weighted by molar-refractivity contribution is 4.74. The molecule has 0 spiro atoms. The molecular formula is C12H25NO3. The monoisotopic (exact) mass is 231 g/mol. The van der Waals surface area contributed by atoms with Crippen LogP contribution in [-0.2, 0) is 14.2 Å². The highest BCUT2D eigenvalue weighted by Gasteiger charge is 2.18. The zero-order valence-corrected chi connectivity index (χ0v) is 10.3. The van der Waals surface area contributed by atoms with Gasteiger partial charge in [-0.25, -0.2) is 0 Å². The summed E-state index contributed by atoms with van der Waals surface area (Å²) >= 11 is 0. The van der Waals surface area contributed by atoms with Crippen LogP contribution >= 0.6 is 0 Å². The van der Waals surface area contributed by atoms with E-state index >= 15 is 0 Å². The van der Waals surface area contributed by atoms with Gasteiger partial charge in [0, 0.05) is 26.4 Å². The first-order valence-corrected chi connectivity index (χ1v) is 6.26. The maximum absolute atomic E-state index is 5.83. The summed E-state index contributed by atoms with van der Waals surface area (Å²) in [5, 5.41) is 0. The molecule has 1 rings (SSSR count). The van der Waals surface area contributed by atoms with E-state index in [2.05, 4.69) is 0 Å².